The molecule has 346 valence electrons. The van der Waals surface area contributed by atoms with Crippen LogP contribution in [0.3, 0.4) is 0 Å². The molecule has 0 fully saturated rings. The van der Waals surface area contributed by atoms with Crippen molar-refractivity contribution in [2.45, 2.75) is 187 Å². The maximum atomic E-state index is 12.2. The molecule has 0 saturated heterocycles. The first-order valence-corrected chi connectivity index (χ1v) is 24.4. The Morgan fingerprint density at radius 1 is 0.387 bits per heavy atom. The third-order valence-electron chi connectivity index (χ3n) is 9.65. The third-order valence-corrected chi connectivity index (χ3v) is 9.65. The second-order valence-corrected chi connectivity index (χ2v) is 15.5. The third kappa shape index (κ3) is 48.4. The predicted molar refractivity (Wildman–Crippen MR) is 269 cm³/mol. The van der Waals surface area contributed by atoms with Gasteiger partial charge in [0.15, 0.2) is 6.10 Å². The Balaban J connectivity index is 3.72. The van der Waals surface area contributed by atoms with Crippen molar-refractivity contribution in [3.8, 4) is 0 Å². The van der Waals surface area contributed by atoms with E-state index in [1.807, 2.05) is 0 Å². The van der Waals surface area contributed by atoms with Crippen LogP contribution in [0.2, 0.25) is 0 Å². The van der Waals surface area contributed by atoms with E-state index in [2.05, 4.69) is 160 Å². The number of allylic oxidation sites excluding steroid dienone is 24. The lowest BCUT2D eigenvalue weighted by molar-refractivity contribution is -0.161. The second kappa shape index (κ2) is 51.1. The van der Waals surface area contributed by atoms with Crippen LogP contribution >= 0.6 is 0 Å². The van der Waals surface area contributed by atoms with Crippen LogP contribution in [0.15, 0.2) is 146 Å². The highest BCUT2D eigenvalue weighted by atomic mass is 16.6. The van der Waals surface area contributed by atoms with E-state index >= 15 is 0 Å². The smallest absolute Gasteiger partial charge is 0.306 e. The van der Waals surface area contributed by atoms with Crippen molar-refractivity contribution >= 4 is 11.9 Å². The molecular weight excluding hydrogens is 765 g/mol. The number of aliphatic hydroxyl groups excluding tert-OH is 1. The summed E-state index contributed by atoms with van der Waals surface area (Å²) in [5.74, 6) is -0.657. The average Bonchev–Trinajstić information content (AvgIpc) is 3.28. The molecule has 0 heterocycles. The lowest BCUT2D eigenvalue weighted by Crippen LogP contribution is -2.28. The van der Waals surface area contributed by atoms with Gasteiger partial charge in [-0.3, -0.25) is 9.59 Å². The summed E-state index contributed by atoms with van der Waals surface area (Å²) < 4.78 is 10.6. The Morgan fingerprint density at radius 3 is 1.05 bits per heavy atom. The van der Waals surface area contributed by atoms with Gasteiger partial charge in [-0.2, -0.15) is 0 Å². The molecular formula is C57H88O5. The van der Waals surface area contributed by atoms with Crippen molar-refractivity contribution in [3.05, 3.63) is 146 Å². The van der Waals surface area contributed by atoms with E-state index < -0.39 is 6.10 Å². The van der Waals surface area contributed by atoms with Crippen molar-refractivity contribution in [3.63, 3.8) is 0 Å². The molecule has 0 spiro atoms. The summed E-state index contributed by atoms with van der Waals surface area (Å²) in [6.45, 7) is 3.94. The number of esters is 2. The summed E-state index contributed by atoms with van der Waals surface area (Å²) in [6, 6.07) is 0. The average molecular weight is 853 g/mol. The van der Waals surface area contributed by atoms with Gasteiger partial charge in [-0.1, -0.05) is 211 Å². The van der Waals surface area contributed by atoms with Crippen molar-refractivity contribution in [1.82, 2.24) is 0 Å². The number of ether oxygens (including phenoxy) is 2. The van der Waals surface area contributed by atoms with Gasteiger partial charge in [0, 0.05) is 12.8 Å². The number of hydrogen-bond donors (Lipinski definition) is 1. The second-order valence-electron chi connectivity index (χ2n) is 15.5. The van der Waals surface area contributed by atoms with Crippen LogP contribution in [-0.2, 0) is 19.1 Å². The van der Waals surface area contributed by atoms with Gasteiger partial charge in [-0.25, -0.2) is 0 Å². The highest BCUT2D eigenvalue weighted by Gasteiger charge is 2.16. The summed E-state index contributed by atoms with van der Waals surface area (Å²) in [4.78, 5) is 24.2. The number of aliphatic hydroxyl groups is 1. The zero-order chi connectivity index (χ0) is 44.9. The summed E-state index contributed by atoms with van der Waals surface area (Å²) >= 11 is 0. The van der Waals surface area contributed by atoms with Gasteiger partial charge in [0.05, 0.1) is 6.61 Å². The SMILES string of the molecule is CC/C=C\C/C=C\C/C=C\C/C=C\C/C=C\C/C=C\C/C=C\C/C=C\C/C=C\C/C=C\C/C=C\C/C=C\CCCCC(=O)OC(CO)COC(=O)CCCCCCCCCCC. The zero-order valence-corrected chi connectivity index (χ0v) is 39.3. The maximum Gasteiger partial charge on any atom is 0.306 e. The predicted octanol–water partition coefficient (Wildman–Crippen LogP) is 16.3. The molecule has 0 aliphatic carbocycles. The molecule has 0 aliphatic heterocycles. The van der Waals surface area contributed by atoms with E-state index in [1.165, 1.54) is 38.5 Å². The van der Waals surface area contributed by atoms with Crippen LogP contribution in [0.1, 0.15) is 181 Å². The molecule has 0 aromatic rings. The van der Waals surface area contributed by atoms with Crippen LogP contribution < -0.4 is 0 Å². The van der Waals surface area contributed by atoms with Gasteiger partial charge >= 0.3 is 11.9 Å². The first-order chi connectivity index (χ1) is 30.6. The standard InChI is InChI=1S/C57H88O5/c1-3-5-7-9-11-13-14-15-16-17-18-19-20-21-22-23-24-25-26-27-28-29-30-31-32-33-34-35-36-37-38-39-40-41-42-44-46-48-50-52-57(60)62-55(53-58)54-61-56(59)51-49-47-45-43-12-10-8-6-4-2/h5,7,11,13,15-16,18-19,21-22,24-25,27-28,30-31,33-34,36-37,39-40,42,44,55,58H,3-4,6,8-10,12,14,17,20,23,26,29,32,35,38,41,43,45-54H2,1-2H3/b7-5-,13-11-,16-15-,19-18-,22-21-,25-24-,28-27-,31-30-,34-33-,37-36-,40-39-,44-42-. The normalized spacial score (nSPS) is 13.5. The largest absolute Gasteiger partial charge is 0.462 e. The molecule has 0 aromatic carbocycles. The van der Waals surface area contributed by atoms with Crippen LogP contribution in [-0.4, -0.2) is 36.4 Å². The van der Waals surface area contributed by atoms with Gasteiger partial charge in [-0.05, 0) is 103 Å². The van der Waals surface area contributed by atoms with Crippen LogP contribution in [0.25, 0.3) is 0 Å². The van der Waals surface area contributed by atoms with E-state index in [4.69, 9.17) is 9.47 Å². The molecule has 0 amide bonds. The van der Waals surface area contributed by atoms with E-state index in [1.54, 1.807) is 0 Å². The lowest BCUT2D eigenvalue weighted by Gasteiger charge is -2.15. The molecule has 0 bridgehead atoms. The highest BCUT2D eigenvalue weighted by molar-refractivity contribution is 5.70. The number of carbonyl (C=O) groups is 2. The van der Waals surface area contributed by atoms with Crippen LogP contribution in [0, 0.1) is 0 Å². The Morgan fingerprint density at radius 2 is 0.694 bits per heavy atom. The van der Waals surface area contributed by atoms with Crippen molar-refractivity contribution in [1.29, 1.82) is 0 Å². The molecule has 1 N–H and O–H groups in total. The van der Waals surface area contributed by atoms with Gasteiger partial charge < -0.3 is 14.6 Å². The van der Waals surface area contributed by atoms with Crippen molar-refractivity contribution in [2.75, 3.05) is 13.2 Å². The molecule has 0 aromatic heterocycles. The van der Waals surface area contributed by atoms with E-state index in [0.717, 1.165) is 116 Å². The fourth-order valence-corrected chi connectivity index (χ4v) is 6.00. The molecule has 1 unspecified atom stereocenters. The van der Waals surface area contributed by atoms with Gasteiger partial charge in [-0.15, -0.1) is 0 Å². The Hall–Kier alpha value is -4.22. The van der Waals surface area contributed by atoms with Gasteiger partial charge in [0.1, 0.15) is 6.61 Å². The van der Waals surface area contributed by atoms with Crippen molar-refractivity contribution < 1.29 is 24.2 Å². The first kappa shape index (κ1) is 57.8. The van der Waals surface area contributed by atoms with E-state index in [-0.39, 0.29) is 25.2 Å². The number of unbranched alkanes of at least 4 members (excludes halogenated alkanes) is 10. The monoisotopic (exact) mass is 853 g/mol. The minimum atomic E-state index is -0.801. The minimum Gasteiger partial charge on any atom is -0.462 e. The molecule has 5 nitrogen and oxygen atoms in total. The Labute approximate surface area is 380 Å². The topological polar surface area (TPSA) is 72.8 Å². The highest BCUT2D eigenvalue weighted by Crippen LogP contribution is 2.11. The summed E-state index contributed by atoms with van der Waals surface area (Å²) in [5.41, 5.74) is 0. The molecule has 0 aliphatic rings. The minimum absolute atomic E-state index is 0.0911. The fourth-order valence-electron chi connectivity index (χ4n) is 6.00. The van der Waals surface area contributed by atoms with E-state index in [9.17, 15) is 14.7 Å². The first-order valence-electron chi connectivity index (χ1n) is 24.4. The van der Waals surface area contributed by atoms with Gasteiger partial charge in [0.25, 0.3) is 0 Å². The molecule has 1 atom stereocenters. The maximum absolute atomic E-state index is 12.2. The Kier molecular flexibility index (Phi) is 47.7. The molecule has 0 saturated carbocycles. The number of rotatable bonds is 42. The quantitative estimate of drug-likeness (QED) is 0.0376. The molecule has 0 radical (unpaired) electrons. The molecule has 5 heteroatoms. The Bertz CT molecular complexity index is 1380. The molecule has 0 rings (SSSR count). The zero-order valence-electron chi connectivity index (χ0n) is 39.3. The number of hydrogen-bond acceptors (Lipinski definition) is 5. The van der Waals surface area contributed by atoms with E-state index in [0.29, 0.717) is 12.8 Å². The van der Waals surface area contributed by atoms with Crippen LogP contribution in [0.4, 0.5) is 0 Å². The van der Waals surface area contributed by atoms with Crippen molar-refractivity contribution in [2.24, 2.45) is 0 Å². The van der Waals surface area contributed by atoms with Crippen LogP contribution in [0.5, 0.6) is 0 Å². The molecule has 62 heavy (non-hydrogen) atoms. The lowest BCUT2D eigenvalue weighted by atomic mass is 10.1. The summed E-state index contributed by atoms with van der Waals surface area (Å²) in [7, 11) is 0. The fraction of sp³-hybridized carbons (Fsp3) is 0.544. The van der Waals surface area contributed by atoms with Gasteiger partial charge in [0.2, 0.25) is 0 Å². The summed E-state index contributed by atoms with van der Waals surface area (Å²) in [6.07, 6.45) is 78.1. The summed E-state index contributed by atoms with van der Waals surface area (Å²) in [5, 5.41) is 9.55. The number of carbonyl (C=O) groups excluding carboxylic acids is 2.